The molecule has 0 aromatic rings. The Labute approximate surface area is 116 Å². The Balaban J connectivity index is 2.71. The second-order valence-corrected chi connectivity index (χ2v) is 6.82. The Hall–Kier alpha value is -0.680. The van der Waals surface area contributed by atoms with Gasteiger partial charge < -0.3 is 4.74 Å². The fourth-order valence-electron chi connectivity index (χ4n) is 2.09. The minimum Gasteiger partial charge on any atom is -0.383 e. The van der Waals surface area contributed by atoms with E-state index in [-0.39, 0.29) is 13.0 Å². The van der Waals surface area contributed by atoms with Gasteiger partial charge in [0.2, 0.25) is 0 Å². The molecule has 110 valence electrons. The second kappa shape index (κ2) is 7.80. The molecule has 0 saturated carbocycles. The molecule has 0 spiro atoms. The first-order valence-corrected chi connectivity index (χ1v) is 8.03. The molecule has 0 unspecified atom stereocenters. The number of hydrogen-bond donors (Lipinski definition) is 0. The molecule has 1 fully saturated rings. The molecule has 6 nitrogen and oxygen atoms in total. The van der Waals surface area contributed by atoms with Gasteiger partial charge in [-0.15, -0.1) is 0 Å². The molecular formula is C12H23N3O3S. The van der Waals surface area contributed by atoms with Crippen molar-refractivity contribution in [3.8, 4) is 6.07 Å². The van der Waals surface area contributed by atoms with Gasteiger partial charge in [0.25, 0.3) is 10.2 Å². The van der Waals surface area contributed by atoms with E-state index in [1.807, 2.05) is 6.07 Å². The quantitative estimate of drug-likeness (QED) is 0.695. The number of rotatable bonds is 7. The maximum atomic E-state index is 12.5. The Kier molecular flexibility index (Phi) is 6.72. The summed E-state index contributed by atoms with van der Waals surface area (Å²) in [7, 11) is -1.92. The van der Waals surface area contributed by atoms with E-state index in [1.165, 1.54) is 15.7 Å². The van der Waals surface area contributed by atoms with E-state index in [2.05, 4.69) is 6.92 Å². The highest BCUT2D eigenvalue weighted by Gasteiger charge is 2.31. The lowest BCUT2D eigenvalue weighted by atomic mass is 10.0. The van der Waals surface area contributed by atoms with Gasteiger partial charge in [0, 0.05) is 39.7 Å². The standard InChI is InChI=1S/C12H23N3O3S/c1-12-4-8-15(9-5-12)19(16,17)14(7-3-6-13)10-11-18-2/h12H,3-5,7-11H2,1-2H3. The molecule has 1 rings (SSSR count). The fourth-order valence-corrected chi connectivity index (χ4v) is 3.72. The summed E-state index contributed by atoms with van der Waals surface area (Å²) in [6.07, 6.45) is 2.00. The van der Waals surface area contributed by atoms with Crippen LogP contribution in [0.25, 0.3) is 0 Å². The van der Waals surface area contributed by atoms with Gasteiger partial charge in [-0.2, -0.15) is 22.3 Å². The summed E-state index contributed by atoms with van der Waals surface area (Å²) >= 11 is 0. The molecule has 0 aromatic carbocycles. The summed E-state index contributed by atoms with van der Waals surface area (Å²) < 4.78 is 32.8. The van der Waals surface area contributed by atoms with Gasteiger partial charge in [0.05, 0.1) is 12.7 Å². The Morgan fingerprint density at radius 1 is 1.37 bits per heavy atom. The molecule has 0 aliphatic carbocycles. The average Bonchev–Trinajstić information content (AvgIpc) is 2.39. The summed E-state index contributed by atoms with van der Waals surface area (Å²) in [5.41, 5.74) is 0. The molecule has 0 bridgehead atoms. The van der Waals surface area contributed by atoms with Gasteiger partial charge >= 0.3 is 0 Å². The van der Waals surface area contributed by atoms with Crippen LogP contribution in [0.5, 0.6) is 0 Å². The van der Waals surface area contributed by atoms with Crippen LogP contribution in [0.15, 0.2) is 0 Å². The summed E-state index contributed by atoms with van der Waals surface area (Å²) in [5.74, 6) is 0.581. The van der Waals surface area contributed by atoms with Crippen LogP contribution in [0, 0.1) is 17.2 Å². The maximum absolute atomic E-state index is 12.5. The molecular weight excluding hydrogens is 266 g/mol. The number of nitriles is 1. The van der Waals surface area contributed by atoms with Crippen molar-refractivity contribution in [1.82, 2.24) is 8.61 Å². The number of ether oxygens (including phenoxy) is 1. The molecule has 0 amide bonds. The van der Waals surface area contributed by atoms with Crippen molar-refractivity contribution in [3.05, 3.63) is 0 Å². The summed E-state index contributed by atoms with van der Waals surface area (Å²) in [5, 5.41) is 8.64. The third kappa shape index (κ3) is 4.73. The highest BCUT2D eigenvalue weighted by Crippen LogP contribution is 2.20. The van der Waals surface area contributed by atoms with Gasteiger partial charge in [0.1, 0.15) is 0 Å². The van der Waals surface area contributed by atoms with Crippen molar-refractivity contribution in [2.75, 3.05) is 39.9 Å². The number of piperidine rings is 1. The molecule has 0 radical (unpaired) electrons. The van der Waals surface area contributed by atoms with E-state index >= 15 is 0 Å². The number of methoxy groups -OCH3 is 1. The van der Waals surface area contributed by atoms with Gasteiger partial charge in [-0.25, -0.2) is 0 Å². The van der Waals surface area contributed by atoms with E-state index in [4.69, 9.17) is 10.00 Å². The summed E-state index contributed by atoms with van der Waals surface area (Å²) in [6.45, 7) is 4.15. The van der Waals surface area contributed by atoms with Crippen LogP contribution in [-0.4, -0.2) is 56.9 Å². The Bertz CT molecular complexity index is 397. The zero-order valence-electron chi connectivity index (χ0n) is 11.7. The zero-order valence-corrected chi connectivity index (χ0v) is 12.5. The molecule has 1 saturated heterocycles. The number of hydrogen-bond acceptors (Lipinski definition) is 4. The van der Waals surface area contributed by atoms with Gasteiger partial charge in [-0.1, -0.05) is 6.92 Å². The van der Waals surface area contributed by atoms with E-state index in [0.29, 0.717) is 32.2 Å². The van der Waals surface area contributed by atoms with Gasteiger partial charge in [0.15, 0.2) is 0 Å². The monoisotopic (exact) mass is 289 g/mol. The van der Waals surface area contributed by atoms with Crippen molar-refractivity contribution >= 4 is 10.2 Å². The second-order valence-electron chi connectivity index (χ2n) is 4.89. The smallest absolute Gasteiger partial charge is 0.282 e. The lowest BCUT2D eigenvalue weighted by molar-refractivity contribution is 0.174. The highest BCUT2D eigenvalue weighted by molar-refractivity contribution is 7.86. The molecule has 19 heavy (non-hydrogen) atoms. The molecule has 1 heterocycles. The predicted molar refractivity (Wildman–Crippen MR) is 72.6 cm³/mol. The maximum Gasteiger partial charge on any atom is 0.282 e. The first kappa shape index (κ1) is 16.4. The van der Waals surface area contributed by atoms with Gasteiger partial charge in [-0.05, 0) is 18.8 Å². The van der Waals surface area contributed by atoms with Crippen LogP contribution in [0.1, 0.15) is 26.2 Å². The molecule has 1 aliphatic heterocycles. The normalized spacial score (nSPS) is 18.6. The van der Waals surface area contributed by atoms with E-state index in [1.54, 1.807) is 0 Å². The first-order chi connectivity index (χ1) is 9.02. The largest absolute Gasteiger partial charge is 0.383 e. The van der Waals surface area contributed by atoms with Crippen molar-refractivity contribution in [3.63, 3.8) is 0 Å². The SMILES string of the molecule is COCCN(CCC#N)S(=O)(=O)N1CCC(C)CC1. The average molecular weight is 289 g/mol. The summed E-state index contributed by atoms with van der Waals surface area (Å²) in [6, 6.07) is 1.99. The Morgan fingerprint density at radius 2 is 2.00 bits per heavy atom. The highest BCUT2D eigenvalue weighted by atomic mass is 32.2. The molecule has 0 aromatic heterocycles. The molecule has 0 atom stereocenters. The van der Waals surface area contributed by atoms with E-state index in [9.17, 15) is 8.42 Å². The third-order valence-electron chi connectivity index (χ3n) is 3.41. The summed E-state index contributed by atoms with van der Waals surface area (Å²) in [4.78, 5) is 0. The molecule has 1 aliphatic rings. The van der Waals surface area contributed by atoms with Crippen LogP contribution in [0.3, 0.4) is 0 Å². The predicted octanol–water partition coefficient (Wildman–Crippen LogP) is 0.825. The van der Waals surface area contributed by atoms with Crippen LogP contribution in [0.4, 0.5) is 0 Å². The molecule has 7 heteroatoms. The van der Waals surface area contributed by atoms with Crippen molar-refractivity contribution in [2.24, 2.45) is 5.92 Å². The van der Waals surface area contributed by atoms with Gasteiger partial charge in [-0.3, -0.25) is 0 Å². The van der Waals surface area contributed by atoms with Crippen molar-refractivity contribution in [1.29, 1.82) is 5.26 Å². The van der Waals surface area contributed by atoms with Crippen molar-refractivity contribution in [2.45, 2.75) is 26.2 Å². The lowest BCUT2D eigenvalue weighted by Gasteiger charge is -2.33. The van der Waals surface area contributed by atoms with Crippen molar-refractivity contribution < 1.29 is 13.2 Å². The molecule has 0 N–H and O–H groups in total. The van der Waals surface area contributed by atoms with Crippen LogP contribution < -0.4 is 0 Å². The minimum absolute atomic E-state index is 0.202. The Morgan fingerprint density at radius 3 is 2.53 bits per heavy atom. The minimum atomic E-state index is -3.46. The third-order valence-corrected chi connectivity index (χ3v) is 5.45. The van der Waals surface area contributed by atoms with Crippen LogP contribution in [-0.2, 0) is 14.9 Å². The van der Waals surface area contributed by atoms with E-state index < -0.39 is 10.2 Å². The van der Waals surface area contributed by atoms with E-state index in [0.717, 1.165) is 12.8 Å². The zero-order chi connectivity index (χ0) is 14.3. The number of nitrogens with zero attached hydrogens (tertiary/aromatic N) is 3. The van der Waals surface area contributed by atoms with Crippen LogP contribution >= 0.6 is 0 Å². The topological polar surface area (TPSA) is 73.6 Å². The van der Waals surface area contributed by atoms with Crippen LogP contribution in [0.2, 0.25) is 0 Å². The first-order valence-electron chi connectivity index (χ1n) is 6.63. The fraction of sp³-hybridized carbons (Fsp3) is 0.917. The lowest BCUT2D eigenvalue weighted by Crippen LogP contribution is -2.48.